The molecule has 202 valence electrons. The van der Waals surface area contributed by atoms with Crippen LogP contribution in [0.1, 0.15) is 45.6 Å². The van der Waals surface area contributed by atoms with Crippen molar-refractivity contribution < 1.29 is 27.5 Å². The third-order valence-corrected chi connectivity index (χ3v) is 7.83. The van der Waals surface area contributed by atoms with E-state index < -0.39 is 16.1 Å². The molecule has 0 fully saturated rings. The molecule has 2 amide bonds. The highest BCUT2D eigenvalue weighted by molar-refractivity contribution is 7.92. The van der Waals surface area contributed by atoms with E-state index in [1.54, 1.807) is 37.3 Å². The molecule has 9 nitrogen and oxygen atoms in total. The van der Waals surface area contributed by atoms with E-state index >= 15 is 0 Å². The number of carbonyl (C=O) groups excluding carboxylic acids is 2. The van der Waals surface area contributed by atoms with Crippen LogP contribution in [0.5, 0.6) is 11.5 Å². The van der Waals surface area contributed by atoms with Crippen LogP contribution < -0.4 is 19.1 Å². The lowest BCUT2D eigenvalue weighted by atomic mass is 10.1. The maximum atomic E-state index is 13.4. The quantitative estimate of drug-likeness (QED) is 0.428. The molecule has 11 heteroatoms. The summed E-state index contributed by atoms with van der Waals surface area (Å²) in [5.74, 6) is 0.486. The molecule has 0 spiro atoms. The Labute approximate surface area is 223 Å². The van der Waals surface area contributed by atoms with Crippen LogP contribution in [0.25, 0.3) is 0 Å². The zero-order valence-corrected chi connectivity index (χ0v) is 23.1. The minimum atomic E-state index is -3.62. The second kappa shape index (κ2) is 12.5. The first kappa shape index (κ1) is 28.6. The molecular weight excluding hydrogens is 518 g/mol. The SMILES string of the molecule is CC[C@H](C)NC(=O)[C@H](C)N(Cc1ccccc1Cl)C(=O)CCCN(c1ccc2c(c1)OCO2)S(C)(=O)=O. The molecule has 0 saturated heterocycles. The molecular formula is C26H34ClN3O6S. The number of fused-ring (bicyclic) bond motifs is 1. The molecule has 0 unspecified atom stereocenters. The van der Waals surface area contributed by atoms with Gasteiger partial charge in [-0.1, -0.05) is 36.7 Å². The Balaban J connectivity index is 1.74. The molecule has 1 aliphatic rings. The lowest BCUT2D eigenvalue weighted by Crippen LogP contribution is -2.49. The number of carbonyl (C=O) groups is 2. The van der Waals surface area contributed by atoms with E-state index in [0.29, 0.717) is 22.2 Å². The Hall–Kier alpha value is -2.98. The van der Waals surface area contributed by atoms with Gasteiger partial charge in [-0.05, 0) is 50.5 Å². The van der Waals surface area contributed by atoms with Gasteiger partial charge >= 0.3 is 0 Å². The van der Waals surface area contributed by atoms with Gasteiger partial charge in [0.15, 0.2) is 11.5 Å². The summed E-state index contributed by atoms with van der Waals surface area (Å²) < 4.78 is 37.0. The van der Waals surface area contributed by atoms with E-state index in [9.17, 15) is 18.0 Å². The van der Waals surface area contributed by atoms with Gasteiger partial charge in [-0.25, -0.2) is 8.42 Å². The van der Waals surface area contributed by atoms with Crippen molar-refractivity contribution in [1.29, 1.82) is 0 Å². The first-order valence-corrected chi connectivity index (χ1v) is 14.4. The predicted molar refractivity (Wildman–Crippen MR) is 143 cm³/mol. The van der Waals surface area contributed by atoms with Gasteiger partial charge in [-0.15, -0.1) is 0 Å². The Morgan fingerprint density at radius 3 is 2.49 bits per heavy atom. The van der Waals surface area contributed by atoms with Crippen molar-refractivity contribution in [3.8, 4) is 11.5 Å². The highest BCUT2D eigenvalue weighted by Gasteiger charge is 2.28. The highest BCUT2D eigenvalue weighted by atomic mass is 35.5. The maximum absolute atomic E-state index is 13.4. The van der Waals surface area contributed by atoms with E-state index in [1.165, 1.54) is 9.21 Å². The fourth-order valence-electron chi connectivity index (χ4n) is 3.90. The standard InChI is InChI=1S/C26H34ClN3O6S/c1-5-18(2)28-26(32)19(3)29(16-20-9-6-7-10-22(20)27)25(31)11-8-14-30(37(4,33)34)21-12-13-23-24(15-21)36-17-35-23/h6-7,9-10,12-13,15,18-19H,5,8,11,14,16-17H2,1-4H3,(H,28,32)/t18-,19-/m0/s1. The van der Waals surface area contributed by atoms with Crippen LogP contribution in [-0.2, 0) is 26.2 Å². The Morgan fingerprint density at radius 2 is 1.81 bits per heavy atom. The van der Waals surface area contributed by atoms with Gasteiger partial charge in [0.2, 0.25) is 28.6 Å². The number of anilines is 1. The van der Waals surface area contributed by atoms with E-state index in [0.717, 1.165) is 18.2 Å². The molecule has 37 heavy (non-hydrogen) atoms. The predicted octanol–water partition coefficient (Wildman–Crippen LogP) is 3.95. The van der Waals surface area contributed by atoms with Gasteiger partial charge in [0.1, 0.15) is 6.04 Å². The molecule has 0 saturated carbocycles. The second-order valence-corrected chi connectivity index (χ2v) is 11.4. The van der Waals surface area contributed by atoms with Gasteiger partial charge in [0, 0.05) is 36.6 Å². The summed E-state index contributed by atoms with van der Waals surface area (Å²) in [4.78, 5) is 27.7. The van der Waals surface area contributed by atoms with Crippen molar-refractivity contribution in [2.75, 3.05) is 23.9 Å². The van der Waals surface area contributed by atoms with Crippen LogP contribution in [0.15, 0.2) is 42.5 Å². The van der Waals surface area contributed by atoms with Gasteiger partial charge < -0.3 is 19.7 Å². The number of halogens is 1. The summed E-state index contributed by atoms with van der Waals surface area (Å²) >= 11 is 6.34. The number of ether oxygens (including phenoxy) is 2. The molecule has 0 radical (unpaired) electrons. The van der Waals surface area contributed by atoms with Gasteiger partial charge in [-0.3, -0.25) is 13.9 Å². The molecule has 0 aromatic heterocycles. The van der Waals surface area contributed by atoms with E-state index in [4.69, 9.17) is 21.1 Å². The van der Waals surface area contributed by atoms with E-state index in [2.05, 4.69) is 5.32 Å². The minimum absolute atomic E-state index is 0.0303. The van der Waals surface area contributed by atoms with Crippen LogP contribution >= 0.6 is 11.6 Å². The van der Waals surface area contributed by atoms with Gasteiger partial charge in [-0.2, -0.15) is 0 Å². The smallest absolute Gasteiger partial charge is 0.242 e. The topological polar surface area (TPSA) is 105 Å². The van der Waals surface area contributed by atoms with Crippen LogP contribution in [0, 0.1) is 0 Å². The average molecular weight is 552 g/mol. The number of hydrogen-bond acceptors (Lipinski definition) is 6. The van der Waals surface area contributed by atoms with Crippen molar-refractivity contribution >= 4 is 39.1 Å². The summed E-state index contributed by atoms with van der Waals surface area (Å²) in [5, 5.41) is 3.43. The number of nitrogens with one attached hydrogen (secondary N) is 1. The van der Waals surface area contributed by atoms with E-state index in [1.807, 2.05) is 26.0 Å². The Kier molecular flexibility index (Phi) is 9.67. The lowest BCUT2D eigenvalue weighted by molar-refractivity contribution is -0.140. The third kappa shape index (κ3) is 7.52. The van der Waals surface area contributed by atoms with Crippen molar-refractivity contribution in [2.45, 2.75) is 58.7 Å². The molecule has 1 heterocycles. The number of rotatable bonds is 12. The van der Waals surface area contributed by atoms with Crippen LogP contribution in [0.2, 0.25) is 5.02 Å². The largest absolute Gasteiger partial charge is 0.454 e. The first-order valence-electron chi connectivity index (χ1n) is 12.2. The summed E-state index contributed by atoms with van der Waals surface area (Å²) in [6.45, 7) is 5.87. The summed E-state index contributed by atoms with van der Waals surface area (Å²) in [6, 6.07) is 11.3. The molecule has 3 rings (SSSR count). The minimum Gasteiger partial charge on any atom is -0.454 e. The fourth-order valence-corrected chi connectivity index (χ4v) is 5.06. The second-order valence-electron chi connectivity index (χ2n) is 9.08. The Bertz CT molecular complexity index is 1220. The first-order chi connectivity index (χ1) is 17.5. The number of nitrogens with zero attached hydrogens (tertiary/aromatic N) is 2. The summed E-state index contributed by atoms with van der Waals surface area (Å²) in [7, 11) is -3.62. The van der Waals surface area contributed by atoms with E-state index in [-0.39, 0.29) is 50.6 Å². The normalized spacial score (nSPS) is 14.1. The fraction of sp³-hybridized carbons (Fsp3) is 0.462. The zero-order valence-electron chi connectivity index (χ0n) is 21.6. The third-order valence-electron chi connectivity index (χ3n) is 6.26. The molecule has 2 atom stereocenters. The molecule has 2 aromatic carbocycles. The molecule has 2 aromatic rings. The van der Waals surface area contributed by atoms with Crippen molar-refractivity contribution in [3.05, 3.63) is 53.1 Å². The number of amides is 2. The average Bonchev–Trinajstić information content (AvgIpc) is 3.32. The van der Waals surface area contributed by atoms with Crippen LogP contribution in [-0.4, -0.2) is 56.8 Å². The summed E-state index contributed by atoms with van der Waals surface area (Å²) in [5.41, 5.74) is 1.15. The van der Waals surface area contributed by atoms with Gasteiger partial charge in [0.25, 0.3) is 0 Å². The van der Waals surface area contributed by atoms with Crippen LogP contribution in [0.4, 0.5) is 5.69 Å². The molecule has 1 aliphatic heterocycles. The van der Waals surface area contributed by atoms with Crippen molar-refractivity contribution in [1.82, 2.24) is 10.2 Å². The zero-order chi connectivity index (χ0) is 27.2. The van der Waals surface area contributed by atoms with Crippen molar-refractivity contribution in [2.24, 2.45) is 0 Å². The Morgan fingerprint density at radius 1 is 1.11 bits per heavy atom. The number of hydrogen-bond donors (Lipinski definition) is 1. The monoisotopic (exact) mass is 551 g/mol. The highest BCUT2D eigenvalue weighted by Crippen LogP contribution is 2.36. The molecule has 1 N–H and O–H groups in total. The number of benzene rings is 2. The number of sulfonamides is 1. The van der Waals surface area contributed by atoms with Crippen LogP contribution in [0.3, 0.4) is 0 Å². The molecule has 0 bridgehead atoms. The lowest BCUT2D eigenvalue weighted by Gasteiger charge is -2.30. The molecule has 0 aliphatic carbocycles. The van der Waals surface area contributed by atoms with Gasteiger partial charge in [0.05, 0.1) is 11.9 Å². The van der Waals surface area contributed by atoms with Crippen molar-refractivity contribution in [3.63, 3.8) is 0 Å². The maximum Gasteiger partial charge on any atom is 0.242 e. The summed E-state index contributed by atoms with van der Waals surface area (Å²) in [6.07, 6.45) is 2.17.